The molecule has 1 aromatic heterocycles. The Balaban J connectivity index is 1.35. The zero-order valence-corrected chi connectivity index (χ0v) is 22.5. The molecular formula is C38H25N3. The van der Waals surface area contributed by atoms with Crippen molar-refractivity contribution < 1.29 is 0 Å². The lowest BCUT2D eigenvalue weighted by Crippen LogP contribution is -2.09. The van der Waals surface area contributed by atoms with Gasteiger partial charge in [-0.25, -0.2) is 5.01 Å². The van der Waals surface area contributed by atoms with Gasteiger partial charge in [0.25, 0.3) is 0 Å². The molecule has 0 N–H and O–H groups in total. The number of fused-ring (bicyclic) bond motifs is 5. The van der Waals surface area contributed by atoms with Gasteiger partial charge < -0.3 is 0 Å². The van der Waals surface area contributed by atoms with Crippen molar-refractivity contribution in [2.75, 3.05) is 5.01 Å². The van der Waals surface area contributed by atoms with Gasteiger partial charge in [-0.1, -0.05) is 90.8 Å². The monoisotopic (exact) mass is 523 g/mol. The van der Waals surface area contributed by atoms with Crippen molar-refractivity contribution in [3.05, 3.63) is 133 Å². The van der Waals surface area contributed by atoms with E-state index < -0.39 is 0 Å². The Morgan fingerprint density at radius 3 is 1.88 bits per heavy atom. The first kappa shape index (κ1) is 24.3. The maximum absolute atomic E-state index is 5.06. The molecule has 7 rings (SSSR count). The van der Waals surface area contributed by atoms with E-state index in [0.717, 1.165) is 38.7 Å². The Hall–Kier alpha value is -5.77. The molecule has 0 amide bonds. The number of hydrogen-bond donors (Lipinski definition) is 0. The van der Waals surface area contributed by atoms with Crippen LogP contribution in [0.1, 0.15) is 12.5 Å². The lowest BCUT2D eigenvalue weighted by molar-refractivity contribution is 1.10. The van der Waals surface area contributed by atoms with Crippen molar-refractivity contribution >= 4 is 60.9 Å². The van der Waals surface area contributed by atoms with Crippen LogP contribution in [0.4, 0.5) is 11.4 Å². The molecule has 0 aliphatic rings. The summed E-state index contributed by atoms with van der Waals surface area (Å²) in [5.41, 5.74) is 5.12. The van der Waals surface area contributed by atoms with Crippen LogP contribution in [0.2, 0.25) is 0 Å². The lowest BCUT2D eigenvalue weighted by Gasteiger charge is -2.20. The van der Waals surface area contributed by atoms with Crippen molar-refractivity contribution in [3.8, 4) is 23.8 Å². The SMILES string of the molecule is CC#CC#Cn1c2ccccc2c2cc(/C=N\N(c3ccc4ccccc4c3)c3ccc4ccccc4c3)ccc21. The molecule has 0 aliphatic carbocycles. The summed E-state index contributed by atoms with van der Waals surface area (Å²) in [4.78, 5) is 0. The second-order valence-corrected chi connectivity index (χ2v) is 9.86. The average molecular weight is 524 g/mol. The summed E-state index contributed by atoms with van der Waals surface area (Å²) in [6.45, 7) is 1.80. The maximum Gasteiger partial charge on any atom is 0.0659 e. The molecular weight excluding hydrogens is 498 g/mol. The molecule has 0 spiro atoms. The van der Waals surface area contributed by atoms with E-state index in [9.17, 15) is 0 Å². The van der Waals surface area contributed by atoms with Gasteiger partial charge in [-0.2, -0.15) is 5.10 Å². The van der Waals surface area contributed by atoms with Gasteiger partial charge >= 0.3 is 0 Å². The molecule has 0 aliphatic heterocycles. The van der Waals surface area contributed by atoms with Gasteiger partial charge in [-0.05, 0) is 82.4 Å². The minimum atomic E-state index is 1.00. The van der Waals surface area contributed by atoms with E-state index in [2.05, 4.69) is 145 Å². The Morgan fingerprint density at radius 2 is 1.20 bits per heavy atom. The summed E-state index contributed by atoms with van der Waals surface area (Å²) >= 11 is 0. The van der Waals surface area contributed by atoms with Crippen LogP contribution in [0.15, 0.2) is 132 Å². The molecule has 3 nitrogen and oxygen atoms in total. The van der Waals surface area contributed by atoms with E-state index in [-0.39, 0.29) is 0 Å². The van der Waals surface area contributed by atoms with E-state index in [4.69, 9.17) is 5.10 Å². The van der Waals surface area contributed by atoms with Crippen molar-refractivity contribution in [2.24, 2.45) is 5.10 Å². The fourth-order valence-corrected chi connectivity index (χ4v) is 5.36. The van der Waals surface area contributed by atoms with Crippen LogP contribution in [0, 0.1) is 23.8 Å². The van der Waals surface area contributed by atoms with Crippen LogP contribution in [0.3, 0.4) is 0 Å². The van der Waals surface area contributed by atoms with Crippen LogP contribution in [0.25, 0.3) is 43.4 Å². The molecule has 192 valence electrons. The molecule has 0 saturated carbocycles. The lowest BCUT2D eigenvalue weighted by atomic mass is 10.1. The number of aromatic nitrogens is 1. The first-order valence-electron chi connectivity index (χ1n) is 13.6. The Labute approximate surface area is 239 Å². The molecule has 3 heteroatoms. The molecule has 1 heterocycles. The minimum Gasteiger partial charge on any atom is -0.268 e. The predicted octanol–water partition coefficient (Wildman–Crippen LogP) is 9.11. The highest BCUT2D eigenvalue weighted by Crippen LogP contribution is 2.32. The molecule has 0 atom stereocenters. The zero-order chi connectivity index (χ0) is 27.6. The third-order valence-corrected chi connectivity index (χ3v) is 7.33. The Kier molecular flexibility index (Phi) is 6.17. The summed E-state index contributed by atoms with van der Waals surface area (Å²) in [5, 5.41) is 14.1. The van der Waals surface area contributed by atoms with Crippen molar-refractivity contribution in [1.82, 2.24) is 4.57 Å². The van der Waals surface area contributed by atoms with Crippen LogP contribution in [-0.2, 0) is 0 Å². The molecule has 6 aromatic carbocycles. The van der Waals surface area contributed by atoms with Gasteiger partial charge in [0, 0.05) is 22.7 Å². The molecule has 0 bridgehead atoms. The summed E-state index contributed by atoms with van der Waals surface area (Å²) in [7, 11) is 0. The number of benzene rings is 6. The van der Waals surface area contributed by atoms with Crippen LogP contribution in [0.5, 0.6) is 0 Å². The highest BCUT2D eigenvalue weighted by molar-refractivity contribution is 6.10. The predicted molar refractivity (Wildman–Crippen MR) is 174 cm³/mol. The number of nitrogens with zero attached hydrogens (tertiary/aromatic N) is 3. The Bertz CT molecular complexity index is 2170. The molecule has 0 saturated heterocycles. The van der Waals surface area contributed by atoms with E-state index in [1.54, 1.807) is 6.92 Å². The quantitative estimate of drug-likeness (QED) is 0.128. The van der Waals surface area contributed by atoms with E-state index >= 15 is 0 Å². The third-order valence-electron chi connectivity index (χ3n) is 7.33. The number of hydrazone groups is 1. The molecule has 0 unspecified atom stereocenters. The second-order valence-electron chi connectivity index (χ2n) is 9.86. The van der Waals surface area contributed by atoms with Crippen molar-refractivity contribution in [1.29, 1.82) is 0 Å². The molecule has 0 fully saturated rings. The zero-order valence-electron chi connectivity index (χ0n) is 22.5. The van der Waals surface area contributed by atoms with E-state index in [1.165, 1.54) is 21.5 Å². The van der Waals surface area contributed by atoms with Gasteiger partial charge in [-0.15, -0.1) is 0 Å². The molecule has 0 radical (unpaired) electrons. The van der Waals surface area contributed by atoms with Gasteiger partial charge in [-0.3, -0.25) is 4.57 Å². The molecule has 7 aromatic rings. The standard InChI is InChI=1S/C38H25N3/c1-2-3-10-23-40-37-16-9-8-15-35(37)36-24-28(17-22-38(36)40)27-39-41(33-20-18-29-11-4-6-13-31(29)25-33)34-21-19-30-12-5-7-14-32(30)26-34/h4-9,11-22,24-27H,1H3/b39-27-. The second kappa shape index (κ2) is 10.4. The topological polar surface area (TPSA) is 20.5 Å². The summed E-state index contributed by atoms with van der Waals surface area (Å²) in [6.07, 6.45) is 1.93. The van der Waals surface area contributed by atoms with Crippen LogP contribution >= 0.6 is 0 Å². The summed E-state index contributed by atoms with van der Waals surface area (Å²) in [5.74, 6) is 8.66. The summed E-state index contributed by atoms with van der Waals surface area (Å²) in [6, 6.07) is 47.7. The average Bonchev–Trinajstić information content (AvgIpc) is 3.34. The highest BCUT2D eigenvalue weighted by atomic mass is 15.5. The highest BCUT2D eigenvalue weighted by Gasteiger charge is 2.12. The number of rotatable bonds is 4. The van der Waals surface area contributed by atoms with Gasteiger partial charge in [0.15, 0.2) is 0 Å². The third kappa shape index (κ3) is 4.57. The summed E-state index contributed by atoms with van der Waals surface area (Å²) < 4.78 is 2.02. The number of anilines is 2. The molecule has 41 heavy (non-hydrogen) atoms. The number of hydrogen-bond acceptors (Lipinski definition) is 2. The minimum absolute atomic E-state index is 1.00. The largest absolute Gasteiger partial charge is 0.268 e. The van der Waals surface area contributed by atoms with Crippen molar-refractivity contribution in [3.63, 3.8) is 0 Å². The van der Waals surface area contributed by atoms with Crippen LogP contribution in [-0.4, -0.2) is 10.8 Å². The first-order chi connectivity index (χ1) is 20.3. The van der Waals surface area contributed by atoms with E-state index in [0.29, 0.717) is 0 Å². The first-order valence-corrected chi connectivity index (χ1v) is 13.6. The van der Waals surface area contributed by atoms with E-state index in [1.807, 2.05) is 21.9 Å². The number of para-hydroxylation sites is 1. The maximum atomic E-state index is 5.06. The smallest absolute Gasteiger partial charge is 0.0659 e. The Morgan fingerprint density at radius 1 is 0.585 bits per heavy atom. The fourth-order valence-electron chi connectivity index (χ4n) is 5.36. The van der Waals surface area contributed by atoms with Gasteiger partial charge in [0.2, 0.25) is 0 Å². The van der Waals surface area contributed by atoms with Gasteiger partial charge in [0.1, 0.15) is 0 Å². The van der Waals surface area contributed by atoms with Gasteiger partial charge in [0.05, 0.1) is 28.6 Å². The normalized spacial score (nSPS) is 11.0. The van der Waals surface area contributed by atoms with Crippen molar-refractivity contribution in [2.45, 2.75) is 6.92 Å². The van der Waals surface area contributed by atoms with Crippen LogP contribution < -0.4 is 5.01 Å². The fraction of sp³-hybridized carbons (Fsp3) is 0.0263.